The van der Waals surface area contributed by atoms with Gasteiger partial charge in [0.2, 0.25) is 11.8 Å². The first kappa shape index (κ1) is 15.4. The van der Waals surface area contributed by atoms with Crippen LogP contribution in [0.3, 0.4) is 0 Å². The van der Waals surface area contributed by atoms with E-state index in [0.717, 1.165) is 0 Å². The lowest BCUT2D eigenvalue weighted by molar-refractivity contribution is -0.129. The molecule has 0 aromatic rings. The largest absolute Gasteiger partial charge is 0.357 e. The van der Waals surface area contributed by atoms with Crippen molar-refractivity contribution in [3.63, 3.8) is 0 Å². The van der Waals surface area contributed by atoms with Crippen LogP contribution in [-0.4, -0.2) is 29.2 Å². The molecule has 0 aromatic heterocycles. The van der Waals surface area contributed by atoms with Crippen LogP contribution in [0.2, 0.25) is 0 Å². The lowest BCUT2D eigenvalue weighted by Crippen LogP contribution is -2.50. The van der Waals surface area contributed by atoms with Gasteiger partial charge in [-0.2, -0.15) is 0 Å². The Bertz CT molecular complexity index is 259. The first-order chi connectivity index (χ1) is 7.18. The summed E-state index contributed by atoms with van der Waals surface area (Å²) in [5.74, 6) is 0.0154. The topological polar surface area (TPSA) is 58.2 Å². The van der Waals surface area contributed by atoms with Crippen molar-refractivity contribution in [2.24, 2.45) is 5.92 Å². The van der Waals surface area contributed by atoms with Gasteiger partial charge in [-0.1, -0.05) is 29.8 Å². The molecular formula is C11H21BrN2O2. The second kappa shape index (κ2) is 6.23. The standard InChI is InChI=1S/C11H21BrN2O2/c1-7(2)6-8(9(15)13-5)14-10(16)11(3,4)12/h7-8H,6H2,1-5H3,(H,13,15)(H,14,16). The Morgan fingerprint density at radius 1 is 1.31 bits per heavy atom. The van der Waals surface area contributed by atoms with Crippen LogP contribution < -0.4 is 10.6 Å². The van der Waals surface area contributed by atoms with Gasteiger partial charge in [0.05, 0.1) is 4.32 Å². The summed E-state index contributed by atoms with van der Waals surface area (Å²) >= 11 is 3.27. The van der Waals surface area contributed by atoms with Gasteiger partial charge in [0, 0.05) is 7.05 Å². The molecule has 0 saturated carbocycles. The van der Waals surface area contributed by atoms with Crippen molar-refractivity contribution >= 4 is 27.7 Å². The first-order valence-corrected chi connectivity index (χ1v) is 6.19. The summed E-state index contributed by atoms with van der Waals surface area (Å²) < 4.78 is -0.656. The average Bonchev–Trinajstić information content (AvgIpc) is 2.13. The normalized spacial score (nSPS) is 13.4. The number of rotatable bonds is 5. The van der Waals surface area contributed by atoms with Gasteiger partial charge < -0.3 is 10.6 Å². The number of likely N-dealkylation sites (N-methyl/N-ethyl adjacent to an activating group) is 1. The molecular weight excluding hydrogens is 272 g/mol. The van der Waals surface area contributed by atoms with Crippen LogP contribution >= 0.6 is 15.9 Å². The fraction of sp³-hybridized carbons (Fsp3) is 0.818. The maximum absolute atomic E-state index is 11.7. The smallest absolute Gasteiger partial charge is 0.242 e. The summed E-state index contributed by atoms with van der Waals surface area (Å²) in [5, 5.41) is 5.30. The minimum Gasteiger partial charge on any atom is -0.357 e. The third kappa shape index (κ3) is 5.49. The third-order valence-electron chi connectivity index (χ3n) is 2.12. The Balaban J connectivity index is 4.55. The van der Waals surface area contributed by atoms with Gasteiger partial charge in [0.15, 0.2) is 0 Å². The zero-order valence-electron chi connectivity index (χ0n) is 10.6. The van der Waals surface area contributed by atoms with Crippen LogP contribution in [0.4, 0.5) is 0 Å². The lowest BCUT2D eigenvalue weighted by Gasteiger charge is -2.23. The van der Waals surface area contributed by atoms with E-state index >= 15 is 0 Å². The van der Waals surface area contributed by atoms with Crippen LogP contribution in [0.5, 0.6) is 0 Å². The Kier molecular flexibility index (Phi) is 6.00. The van der Waals surface area contributed by atoms with Crippen molar-refractivity contribution in [2.75, 3.05) is 7.05 Å². The van der Waals surface area contributed by atoms with E-state index in [1.807, 2.05) is 13.8 Å². The number of alkyl halides is 1. The van der Waals surface area contributed by atoms with Gasteiger partial charge in [-0.05, 0) is 26.2 Å². The van der Waals surface area contributed by atoms with E-state index in [4.69, 9.17) is 0 Å². The molecule has 1 atom stereocenters. The molecule has 1 unspecified atom stereocenters. The van der Waals surface area contributed by atoms with Crippen molar-refractivity contribution in [3.8, 4) is 0 Å². The molecule has 0 saturated heterocycles. The van der Waals surface area contributed by atoms with Crippen molar-refractivity contribution in [3.05, 3.63) is 0 Å². The highest BCUT2D eigenvalue weighted by molar-refractivity contribution is 9.10. The molecule has 2 N–H and O–H groups in total. The molecule has 94 valence electrons. The number of carbonyl (C=O) groups is 2. The van der Waals surface area contributed by atoms with E-state index in [2.05, 4.69) is 26.6 Å². The number of nitrogens with one attached hydrogen (secondary N) is 2. The van der Waals surface area contributed by atoms with Crippen molar-refractivity contribution in [2.45, 2.75) is 44.5 Å². The summed E-state index contributed by atoms with van der Waals surface area (Å²) in [6.07, 6.45) is 0.633. The molecule has 0 aliphatic carbocycles. The molecule has 0 fully saturated rings. The van der Waals surface area contributed by atoms with Crippen LogP contribution in [0, 0.1) is 5.92 Å². The molecule has 0 spiro atoms. The van der Waals surface area contributed by atoms with Crippen molar-refractivity contribution < 1.29 is 9.59 Å². The predicted molar refractivity (Wildman–Crippen MR) is 68.5 cm³/mol. The minimum absolute atomic E-state index is 0.154. The molecule has 4 nitrogen and oxygen atoms in total. The average molecular weight is 293 g/mol. The molecule has 16 heavy (non-hydrogen) atoms. The molecule has 0 aromatic carbocycles. The van der Waals surface area contributed by atoms with Crippen LogP contribution in [0.25, 0.3) is 0 Å². The van der Waals surface area contributed by atoms with Crippen molar-refractivity contribution in [1.82, 2.24) is 10.6 Å². The minimum atomic E-state index is -0.656. The number of carbonyl (C=O) groups excluding carboxylic acids is 2. The van der Waals surface area contributed by atoms with E-state index in [9.17, 15) is 9.59 Å². The third-order valence-corrected chi connectivity index (χ3v) is 2.48. The molecule has 0 rings (SSSR count). The maximum atomic E-state index is 11.7. The first-order valence-electron chi connectivity index (χ1n) is 5.40. The summed E-state index contributed by atoms with van der Waals surface area (Å²) in [6, 6.07) is -0.464. The summed E-state index contributed by atoms with van der Waals surface area (Å²) in [5.41, 5.74) is 0. The Labute approximate surface area is 106 Å². The molecule has 0 aliphatic rings. The highest BCUT2D eigenvalue weighted by atomic mass is 79.9. The van der Waals surface area contributed by atoms with Gasteiger partial charge in [0.25, 0.3) is 0 Å². The fourth-order valence-electron chi connectivity index (χ4n) is 1.21. The lowest BCUT2D eigenvalue weighted by atomic mass is 10.0. The van der Waals surface area contributed by atoms with E-state index in [1.165, 1.54) is 0 Å². The van der Waals surface area contributed by atoms with Gasteiger partial charge in [0.1, 0.15) is 6.04 Å². The van der Waals surface area contributed by atoms with Crippen LogP contribution in [0.15, 0.2) is 0 Å². The number of hydrogen-bond donors (Lipinski definition) is 2. The quantitative estimate of drug-likeness (QED) is 0.754. The Morgan fingerprint density at radius 3 is 2.12 bits per heavy atom. The second-order valence-corrected chi connectivity index (χ2v) is 6.72. The zero-order chi connectivity index (χ0) is 12.9. The highest BCUT2D eigenvalue weighted by Crippen LogP contribution is 2.16. The summed E-state index contributed by atoms with van der Waals surface area (Å²) in [4.78, 5) is 23.3. The zero-order valence-corrected chi connectivity index (χ0v) is 12.1. The highest BCUT2D eigenvalue weighted by Gasteiger charge is 2.28. The molecule has 5 heteroatoms. The van der Waals surface area contributed by atoms with Crippen LogP contribution in [-0.2, 0) is 9.59 Å². The summed E-state index contributed by atoms with van der Waals surface area (Å²) in [7, 11) is 1.57. The second-order valence-electron chi connectivity index (χ2n) is 4.74. The molecule has 0 radical (unpaired) electrons. The maximum Gasteiger partial charge on any atom is 0.242 e. The van der Waals surface area contributed by atoms with Gasteiger partial charge in [-0.15, -0.1) is 0 Å². The van der Waals surface area contributed by atoms with Crippen molar-refractivity contribution in [1.29, 1.82) is 0 Å². The van der Waals surface area contributed by atoms with Gasteiger partial charge in [-0.3, -0.25) is 9.59 Å². The fourth-order valence-corrected chi connectivity index (χ4v) is 1.32. The number of amides is 2. The Hall–Kier alpha value is -0.580. The molecule has 0 heterocycles. The van der Waals surface area contributed by atoms with E-state index in [0.29, 0.717) is 12.3 Å². The Morgan fingerprint density at radius 2 is 1.81 bits per heavy atom. The molecule has 2 amide bonds. The van der Waals surface area contributed by atoms with E-state index in [1.54, 1.807) is 20.9 Å². The molecule has 0 bridgehead atoms. The predicted octanol–water partition coefficient (Wildman–Crippen LogP) is 1.44. The van der Waals surface area contributed by atoms with E-state index < -0.39 is 10.4 Å². The SMILES string of the molecule is CNC(=O)C(CC(C)C)NC(=O)C(C)(C)Br. The monoisotopic (exact) mass is 292 g/mol. The number of halogens is 1. The molecule has 0 aliphatic heterocycles. The van der Waals surface area contributed by atoms with Crippen LogP contribution in [0.1, 0.15) is 34.1 Å². The van der Waals surface area contributed by atoms with Gasteiger partial charge in [-0.25, -0.2) is 0 Å². The summed E-state index contributed by atoms with van der Waals surface area (Å²) in [6.45, 7) is 7.53. The van der Waals surface area contributed by atoms with E-state index in [-0.39, 0.29) is 11.8 Å². The number of hydrogen-bond acceptors (Lipinski definition) is 2. The van der Waals surface area contributed by atoms with Gasteiger partial charge >= 0.3 is 0 Å².